The van der Waals surface area contributed by atoms with Gasteiger partial charge < -0.3 is 4.74 Å². The first-order chi connectivity index (χ1) is 15.2. The van der Waals surface area contributed by atoms with E-state index < -0.39 is 0 Å². The van der Waals surface area contributed by atoms with Gasteiger partial charge in [0.25, 0.3) is 0 Å². The third kappa shape index (κ3) is 2.21. The fourth-order valence-electron chi connectivity index (χ4n) is 9.20. The van der Waals surface area contributed by atoms with E-state index in [0.717, 1.165) is 59.8 Å². The van der Waals surface area contributed by atoms with Gasteiger partial charge in [-0.25, -0.2) is 4.79 Å². The summed E-state index contributed by atoms with van der Waals surface area (Å²) in [4.78, 5) is 13.1. The first kappa shape index (κ1) is 17.2. The Labute approximate surface area is 183 Å². The molecule has 2 heteroatoms. The van der Waals surface area contributed by atoms with E-state index in [9.17, 15) is 4.79 Å². The number of esters is 1. The highest BCUT2D eigenvalue weighted by atomic mass is 16.5. The Hall–Kier alpha value is -2.35. The van der Waals surface area contributed by atoms with Gasteiger partial charge in [0, 0.05) is 0 Å². The van der Waals surface area contributed by atoms with E-state index in [1.807, 2.05) is 6.07 Å². The number of fused-ring (bicyclic) bond motifs is 14. The summed E-state index contributed by atoms with van der Waals surface area (Å²) in [6.07, 6.45) is 11.3. The number of carbonyl (C=O) groups is 1. The summed E-state index contributed by atoms with van der Waals surface area (Å²) in [5.74, 6) is 6.64. The van der Waals surface area contributed by atoms with Gasteiger partial charge in [0.1, 0.15) is 6.10 Å². The monoisotopic (exact) mass is 408 g/mol. The van der Waals surface area contributed by atoms with Crippen molar-refractivity contribution in [2.45, 2.75) is 38.2 Å². The Kier molecular flexibility index (Phi) is 3.28. The Balaban J connectivity index is 1.01. The molecule has 8 rings (SSSR count). The molecule has 9 atom stereocenters. The van der Waals surface area contributed by atoms with Crippen molar-refractivity contribution in [3.8, 4) is 11.1 Å². The molecule has 0 saturated heterocycles. The first-order valence-corrected chi connectivity index (χ1v) is 12.3. The van der Waals surface area contributed by atoms with Gasteiger partial charge in [-0.3, -0.25) is 0 Å². The molecule has 2 aromatic carbocycles. The topological polar surface area (TPSA) is 26.3 Å². The Bertz CT molecular complexity index is 1150. The number of benzene rings is 2. The summed E-state index contributed by atoms with van der Waals surface area (Å²) in [5.41, 5.74) is 5.94. The molecule has 0 amide bonds. The number of carbonyl (C=O) groups excluding carboxylic acids is 1. The van der Waals surface area contributed by atoms with Crippen LogP contribution < -0.4 is 0 Å². The molecule has 9 unspecified atom stereocenters. The molecule has 4 bridgehead atoms. The lowest BCUT2D eigenvalue weighted by molar-refractivity contribution is -0.00228. The van der Waals surface area contributed by atoms with Gasteiger partial charge >= 0.3 is 5.97 Å². The molecule has 4 saturated carbocycles. The lowest BCUT2D eigenvalue weighted by atomic mass is 9.73. The van der Waals surface area contributed by atoms with E-state index in [4.69, 9.17) is 4.74 Å². The Morgan fingerprint density at radius 3 is 2.61 bits per heavy atom. The van der Waals surface area contributed by atoms with Crippen molar-refractivity contribution >= 4 is 5.97 Å². The molecular weight excluding hydrogens is 380 g/mol. The third-order valence-corrected chi connectivity index (χ3v) is 10.1. The minimum atomic E-state index is -0.104. The standard InChI is InChI=1S/C29H28O2/c30-29(18-7-8-22-19(11-18)10-15-3-1-2-4-21(15)22)31-26-13-20-12-24(26)25-14-23-16-5-6-17(9-16)27(23)28(20)25/h1-8,11,16-17,20,23-28H,9-10,12-14H2. The van der Waals surface area contributed by atoms with E-state index in [1.165, 1.54) is 41.5 Å². The summed E-state index contributed by atoms with van der Waals surface area (Å²) in [6.45, 7) is 0. The average Bonchev–Trinajstić information content (AvgIpc) is 3.59. The van der Waals surface area contributed by atoms with Gasteiger partial charge in [-0.1, -0.05) is 42.5 Å². The van der Waals surface area contributed by atoms with Crippen LogP contribution in [0.15, 0.2) is 54.6 Å². The SMILES string of the molecule is O=C(OC1CC2CC1C1CC3C4C=CC(C4)C3C21)c1ccc2c(c1)Cc1ccccc1-2. The summed E-state index contributed by atoms with van der Waals surface area (Å²) in [6, 6.07) is 14.7. The van der Waals surface area contributed by atoms with Crippen molar-refractivity contribution in [3.63, 3.8) is 0 Å². The Morgan fingerprint density at radius 1 is 0.774 bits per heavy atom. The lowest BCUT2D eigenvalue weighted by Crippen LogP contribution is -2.34. The van der Waals surface area contributed by atoms with Crippen molar-refractivity contribution in [1.29, 1.82) is 0 Å². The number of allylic oxidation sites excluding steroid dienone is 2. The molecular formula is C29H28O2. The molecule has 6 aliphatic carbocycles. The lowest BCUT2D eigenvalue weighted by Gasteiger charge is -2.35. The van der Waals surface area contributed by atoms with Crippen molar-refractivity contribution < 1.29 is 9.53 Å². The second-order valence-corrected chi connectivity index (χ2v) is 11.2. The quantitative estimate of drug-likeness (QED) is 0.390. The highest BCUT2D eigenvalue weighted by molar-refractivity contribution is 5.91. The third-order valence-electron chi connectivity index (χ3n) is 10.1. The van der Waals surface area contributed by atoms with E-state index in [1.54, 1.807) is 0 Å². The minimum absolute atomic E-state index is 0.104. The van der Waals surface area contributed by atoms with Gasteiger partial charge in [-0.15, -0.1) is 0 Å². The highest BCUT2D eigenvalue weighted by Crippen LogP contribution is 2.69. The molecule has 0 spiro atoms. The van der Waals surface area contributed by atoms with E-state index >= 15 is 0 Å². The summed E-state index contributed by atoms with van der Waals surface area (Å²) in [5, 5.41) is 0. The molecule has 2 aromatic rings. The van der Waals surface area contributed by atoms with Crippen LogP contribution in [0.4, 0.5) is 0 Å². The second kappa shape index (κ2) is 5.91. The summed E-state index contributed by atoms with van der Waals surface area (Å²) < 4.78 is 6.21. The highest BCUT2D eigenvalue weighted by Gasteiger charge is 2.65. The van der Waals surface area contributed by atoms with E-state index in [2.05, 4.69) is 48.6 Å². The van der Waals surface area contributed by atoms with Gasteiger partial charge in [-0.05, 0) is 114 Å². The predicted octanol–water partition coefficient (Wildman–Crippen LogP) is 5.90. The molecule has 0 N–H and O–H groups in total. The van der Waals surface area contributed by atoms with Gasteiger partial charge in [-0.2, -0.15) is 0 Å². The van der Waals surface area contributed by atoms with Crippen LogP contribution in [0.1, 0.15) is 47.2 Å². The van der Waals surface area contributed by atoms with Gasteiger partial charge in [0.05, 0.1) is 5.56 Å². The second-order valence-electron chi connectivity index (χ2n) is 11.2. The fourth-order valence-corrected chi connectivity index (χ4v) is 9.20. The van der Waals surface area contributed by atoms with E-state index in [0.29, 0.717) is 5.92 Å². The van der Waals surface area contributed by atoms with Crippen LogP contribution in [0.2, 0.25) is 0 Å². The molecule has 6 aliphatic rings. The van der Waals surface area contributed by atoms with Crippen molar-refractivity contribution in [2.75, 3.05) is 0 Å². The van der Waals surface area contributed by atoms with Crippen LogP contribution in [0.25, 0.3) is 11.1 Å². The predicted molar refractivity (Wildman–Crippen MR) is 119 cm³/mol. The summed E-state index contributed by atoms with van der Waals surface area (Å²) in [7, 11) is 0. The van der Waals surface area contributed by atoms with Crippen molar-refractivity contribution in [2.24, 2.45) is 47.3 Å². The number of ether oxygens (including phenoxy) is 1. The van der Waals surface area contributed by atoms with Crippen LogP contribution >= 0.6 is 0 Å². The maximum atomic E-state index is 13.1. The normalized spacial score (nSPS) is 41.9. The molecule has 0 aromatic heterocycles. The van der Waals surface area contributed by atoms with Crippen LogP contribution in [0, 0.1) is 47.3 Å². The minimum Gasteiger partial charge on any atom is -0.458 e. The molecule has 0 radical (unpaired) electrons. The molecule has 156 valence electrons. The maximum Gasteiger partial charge on any atom is 0.338 e. The Morgan fingerprint density at radius 2 is 1.65 bits per heavy atom. The number of hydrogen-bond acceptors (Lipinski definition) is 2. The molecule has 2 nitrogen and oxygen atoms in total. The van der Waals surface area contributed by atoms with Crippen LogP contribution in [-0.2, 0) is 11.2 Å². The summed E-state index contributed by atoms with van der Waals surface area (Å²) >= 11 is 0. The maximum absolute atomic E-state index is 13.1. The smallest absolute Gasteiger partial charge is 0.338 e. The van der Waals surface area contributed by atoms with Crippen molar-refractivity contribution in [1.82, 2.24) is 0 Å². The van der Waals surface area contributed by atoms with Crippen LogP contribution in [0.3, 0.4) is 0 Å². The molecule has 4 fully saturated rings. The van der Waals surface area contributed by atoms with Crippen molar-refractivity contribution in [3.05, 3.63) is 71.3 Å². The van der Waals surface area contributed by atoms with Gasteiger partial charge in [0.2, 0.25) is 0 Å². The zero-order chi connectivity index (χ0) is 20.3. The zero-order valence-electron chi connectivity index (χ0n) is 17.7. The zero-order valence-corrected chi connectivity index (χ0v) is 17.7. The van der Waals surface area contributed by atoms with Crippen LogP contribution in [-0.4, -0.2) is 12.1 Å². The fraction of sp³-hybridized carbons (Fsp3) is 0.483. The average molecular weight is 409 g/mol. The molecule has 0 heterocycles. The van der Waals surface area contributed by atoms with Crippen LogP contribution in [0.5, 0.6) is 0 Å². The first-order valence-electron chi connectivity index (χ1n) is 12.3. The molecule has 31 heavy (non-hydrogen) atoms. The molecule has 0 aliphatic heterocycles. The number of hydrogen-bond donors (Lipinski definition) is 0. The number of rotatable bonds is 2. The van der Waals surface area contributed by atoms with E-state index in [-0.39, 0.29) is 12.1 Å². The van der Waals surface area contributed by atoms with Gasteiger partial charge in [0.15, 0.2) is 0 Å². The largest absolute Gasteiger partial charge is 0.458 e.